The van der Waals surface area contributed by atoms with E-state index in [0.717, 1.165) is 6.20 Å². The zero-order valence-electron chi connectivity index (χ0n) is 8.46. The Morgan fingerprint density at radius 2 is 2.24 bits per heavy atom. The van der Waals surface area contributed by atoms with Crippen molar-refractivity contribution >= 4 is 23.6 Å². The summed E-state index contributed by atoms with van der Waals surface area (Å²) in [6.45, 7) is -0.607. The minimum absolute atomic E-state index is 0.164. The van der Waals surface area contributed by atoms with Crippen LogP contribution in [-0.4, -0.2) is 17.5 Å². The van der Waals surface area contributed by atoms with Crippen molar-refractivity contribution < 1.29 is 19.6 Å². The highest BCUT2D eigenvalue weighted by atomic mass is 35.5. The van der Waals surface area contributed by atoms with Crippen molar-refractivity contribution in [2.24, 2.45) is 0 Å². The summed E-state index contributed by atoms with van der Waals surface area (Å²) in [5.41, 5.74) is 0.507. The predicted molar refractivity (Wildman–Crippen MR) is 58.0 cm³/mol. The molecule has 90 valence electrons. The standard InChI is InChI=1S/C10H8ClNO5/c11-8-5-7(3-4-12(15)16)1-2-9(8)17-6-10(13)14/h1-5H,6H2,(H,13,14)/p-1/b4-3+. The number of carbonyl (C=O) groups is 1. The molecule has 0 saturated carbocycles. The maximum atomic E-state index is 10.2. The van der Waals surface area contributed by atoms with Crippen LogP contribution < -0.4 is 9.84 Å². The number of nitrogens with zero attached hydrogens (tertiary/aromatic N) is 1. The fraction of sp³-hybridized carbons (Fsp3) is 0.100. The van der Waals surface area contributed by atoms with Gasteiger partial charge in [0.15, 0.2) is 0 Å². The Kier molecular flexibility index (Phi) is 4.47. The third-order valence-corrected chi connectivity index (χ3v) is 1.99. The number of hydrogen-bond donors (Lipinski definition) is 0. The van der Waals surface area contributed by atoms with Crippen LogP contribution in [0.15, 0.2) is 24.4 Å². The maximum Gasteiger partial charge on any atom is 0.235 e. The van der Waals surface area contributed by atoms with Crippen molar-refractivity contribution in [1.29, 1.82) is 0 Å². The summed E-state index contributed by atoms with van der Waals surface area (Å²) in [4.78, 5) is 19.7. The van der Waals surface area contributed by atoms with Gasteiger partial charge in [0.25, 0.3) is 0 Å². The van der Waals surface area contributed by atoms with Gasteiger partial charge in [0, 0.05) is 6.08 Å². The van der Waals surface area contributed by atoms with Crippen LogP contribution in [0.1, 0.15) is 5.56 Å². The molecule has 0 bridgehead atoms. The lowest BCUT2D eigenvalue weighted by Gasteiger charge is -2.08. The third-order valence-electron chi connectivity index (χ3n) is 1.69. The highest BCUT2D eigenvalue weighted by molar-refractivity contribution is 6.32. The zero-order chi connectivity index (χ0) is 12.8. The molecule has 0 aliphatic rings. The molecule has 0 N–H and O–H groups in total. The summed E-state index contributed by atoms with van der Waals surface area (Å²) in [5.74, 6) is -1.19. The van der Waals surface area contributed by atoms with E-state index in [2.05, 4.69) is 0 Å². The van der Waals surface area contributed by atoms with Crippen molar-refractivity contribution in [1.82, 2.24) is 0 Å². The van der Waals surface area contributed by atoms with Crippen molar-refractivity contribution in [2.75, 3.05) is 6.61 Å². The van der Waals surface area contributed by atoms with Gasteiger partial charge < -0.3 is 14.6 Å². The Hall–Kier alpha value is -2.08. The summed E-state index contributed by atoms with van der Waals surface area (Å²) in [7, 11) is 0. The number of carbonyl (C=O) groups excluding carboxylic acids is 1. The van der Waals surface area contributed by atoms with Crippen molar-refractivity contribution in [3.05, 3.63) is 45.1 Å². The van der Waals surface area contributed by atoms with Crippen LogP contribution in [0.3, 0.4) is 0 Å². The topological polar surface area (TPSA) is 92.5 Å². The molecule has 6 nitrogen and oxygen atoms in total. The van der Waals surface area contributed by atoms with Gasteiger partial charge in [0.2, 0.25) is 6.20 Å². The molecule has 1 rings (SSSR count). The van der Waals surface area contributed by atoms with Crippen LogP contribution in [-0.2, 0) is 4.79 Å². The second-order valence-electron chi connectivity index (χ2n) is 2.95. The van der Waals surface area contributed by atoms with Gasteiger partial charge in [0.1, 0.15) is 12.4 Å². The molecular formula is C10H7ClNO5-. The summed E-state index contributed by atoms with van der Waals surface area (Å²) < 4.78 is 4.83. The minimum atomic E-state index is -1.36. The van der Waals surface area contributed by atoms with Gasteiger partial charge in [-0.2, -0.15) is 0 Å². The average molecular weight is 257 g/mol. The first kappa shape index (κ1) is 13.0. The van der Waals surface area contributed by atoms with E-state index in [0.29, 0.717) is 5.56 Å². The van der Waals surface area contributed by atoms with Crippen molar-refractivity contribution in [3.8, 4) is 5.75 Å². The van der Waals surface area contributed by atoms with Crippen molar-refractivity contribution in [2.45, 2.75) is 0 Å². The van der Waals surface area contributed by atoms with Crippen LogP contribution in [0.2, 0.25) is 5.02 Å². The van der Waals surface area contributed by atoms with E-state index in [4.69, 9.17) is 16.3 Å². The van der Waals surface area contributed by atoms with Gasteiger partial charge in [-0.1, -0.05) is 17.7 Å². The quantitative estimate of drug-likeness (QED) is 0.571. The number of rotatable bonds is 5. The van der Waals surface area contributed by atoms with Crippen LogP contribution in [0, 0.1) is 10.1 Å². The van der Waals surface area contributed by atoms with Gasteiger partial charge in [-0.3, -0.25) is 10.1 Å². The molecule has 0 saturated heterocycles. The zero-order valence-corrected chi connectivity index (χ0v) is 9.22. The molecule has 0 fully saturated rings. The van der Waals surface area contributed by atoms with Gasteiger partial charge in [-0.15, -0.1) is 0 Å². The van der Waals surface area contributed by atoms with E-state index >= 15 is 0 Å². The van der Waals surface area contributed by atoms with Crippen LogP contribution in [0.25, 0.3) is 6.08 Å². The predicted octanol–water partition coefficient (Wildman–Crippen LogP) is 0.716. The molecule has 1 aromatic carbocycles. The number of hydrogen-bond acceptors (Lipinski definition) is 5. The van der Waals surface area contributed by atoms with Crippen molar-refractivity contribution in [3.63, 3.8) is 0 Å². The minimum Gasteiger partial charge on any atom is -0.546 e. The Bertz CT molecular complexity index is 472. The van der Waals surface area contributed by atoms with Crippen LogP contribution in [0.4, 0.5) is 0 Å². The van der Waals surface area contributed by atoms with E-state index in [1.165, 1.54) is 24.3 Å². The molecule has 0 aliphatic heterocycles. The second kappa shape index (κ2) is 5.86. The highest BCUT2D eigenvalue weighted by Crippen LogP contribution is 2.25. The fourth-order valence-corrected chi connectivity index (χ4v) is 1.26. The van der Waals surface area contributed by atoms with Crippen LogP contribution >= 0.6 is 11.6 Å². The summed E-state index contributed by atoms with van der Waals surface area (Å²) in [6, 6.07) is 4.35. The first-order chi connectivity index (χ1) is 7.99. The molecular weight excluding hydrogens is 250 g/mol. The lowest BCUT2D eigenvalue weighted by atomic mass is 10.2. The number of nitro groups is 1. The number of benzene rings is 1. The Morgan fingerprint density at radius 3 is 2.76 bits per heavy atom. The highest BCUT2D eigenvalue weighted by Gasteiger charge is 2.02. The molecule has 0 spiro atoms. The Morgan fingerprint density at radius 1 is 1.53 bits per heavy atom. The molecule has 0 amide bonds. The number of halogens is 1. The molecule has 0 aliphatic carbocycles. The fourth-order valence-electron chi connectivity index (χ4n) is 1.02. The number of carboxylic acids is 1. The molecule has 0 radical (unpaired) electrons. The molecule has 0 atom stereocenters. The monoisotopic (exact) mass is 256 g/mol. The normalized spacial score (nSPS) is 10.4. The SMILES string of the molecule is O=C([O-])COc1ccc(/C=C/[N+](=O)[O-])cc1Cl. The van der Waals surface area contributed by atoms with Gasteiger partial charge in [-0.05, 0) is 17.7 Å². The maximum absolute atomic E-state index is 10.2. The van der Waals surface area contributed by atoms with Gasteiger partial charge in [-0.25, -0.2) is 0 Å². The summed E-state index contributed by atoms with van der Waals surface area (Å²) in [6.07, 6.45) is 2.03. The average Bonchev–Trinajstić information content (AvgIpc) is 2.24. The largest absolute Gasteiger partial charge is 0.546 e. The van der Waals surface area contributed by atoms with Crippen LogP contribution in [0.5, 0.6) is 5.75 Å². The lowest BCUT2D eigenvalue weighted by Crippen LogP contribution is -2.28. The first-order valence-electron chi connectivity index (χ1n) is 4.43. The lowest BCUT2D eigenvalue weighted by molar-refractivity contribution is -0.400. The van der Waals surface area contributed by atoms with Gasteiger partial charge in [0.05, 0.1) is 15.9 Å². The van der Waals surface area contributed by atoms with Gasteiger partial charge >= 0.3 is 0 Å². The third kappa shape index (κ3) is 4.52. The molecule has 0 unspecified atom stereocenters. The molecule has 7 heteroatoms. The van der Waals surface area contributed by atoms with E-state index < -0.39 is 17.5 Å². The van der Waals surface area contributed by atoms with E-state index in [-0.39, 0.29) is 10.8 Å². The van der Waals surface area contributed by atoms with E-state index in [9.17, 15) is 20.0 Å². The Balaban J connectivity index is 2.79. The van der Waals surface area contributed by atoms with E-state index in [1.807, 2.05) is 0 Å². The molecule has 1 aromatic rings. The number of aliphatic carboxylic acids is 1. The molecule has 0 heterocycles. The summed E-state index contributed by atoms with van der Waals surface area (Å²) in [5, 5.41) is 20.4. The molecule has 17 heavy (non-hydrogen) atoms. The smallest absolute Gasteiger partial charge is 0.235 e. The van der Waals surface area contributed by atoms with E-state index in [1.54, 1.807) is 0 Å². The number of carboxylic acid groups (broad SMARTS) is 1. The second-order valence-corrected chi connectivity index (χ2v) is 3.36. The Labute approximate surface area is 101 Å². The summed E-state index contributed by atoms with van der Waals surface area (Å²) >= 11 is 5.79. The molecule has 0 aromatic heterocycles. The first-order valence-corrected chi connectivity index (χ1v) is 4.80. The number of ether oxygens (including phenoxy) is 1.